The molecule has 0 saturated carbocycles. The van der Waals surface area contributed by atoms with E-state index in [1.54, 1.807) is 6.07 Å². The van der Waals surface area contributed by atoms with Crippen LogP contribution < -0.4 is 10.6 Å². The zero-order chi connectivity index (χ0) is 15.3. The molecule has 1 rings (SSSR count). The highest BCUT2D eigenvalue weighted by atomic mass is 35.5. The number of benzene rings is 1. The van der Waals surface area contributed by atoms with Crippen LogP contribution in [0, 0.1) is 0 Å². The summed E-state index contributed by atoms with van der Waals surface area (Å²) in [5, 5.41) is 12.5. The topological polar surface area (TPSA) is 78.4 Å². The van der Waals surface area contributed by atoms with Crippen molar-refractivity contribution in [3.05, 3.63) is 34.9 Å². The molecule has 5 nitrogen and oxygen atoms in total. The summed E-state index contributed by atoms with van der Waals surface area (Å²) in [5.41, 5.74) is 0.0730. The van der Waals surface area contributed by atoms with Gasteiger partial charge in [-0.05, 0) is 6.07 Å². The average molecular weight is 311 g/mol. The number of rotatable bonds is 4. The molecule has 3 N–H and O–H groups in total. The van der Waals surface area contributed by atoms with Gasteiger partial charge in [0.2, 0.25) is 0 Å². The molecule has 1 aromatic rings. The molecular weight excluding hydrogens is 301 g/mol. The molecular formula is C11H10ClF3N2O3. The fourth-order valence-electron chi connectivity index (χ4n) is 1.34. The van der Waals surface area contributed by atoms with Crippen LogP contribution in [0.5, 0.6) is 0 Å². The maximum atomic E-state index is 11.9. The monoisotopic (exact) mass is 310 g/mol. The van der Waals surface area contributed by atoms with E-state index in [0.717, 1.165) is 0 Å². The van der Waals surface area contributed by atoms with E-state index in [4.69, 9.17) is 16.7 Å². The Kier molecular flexibility index (Phi) is 5.20. The van der Waals surface area contributed by atoms with E-state index < -0.39 is 30.8 Å². The van der Waals surface area contributed by atoms with Crippen LogP contribution in [0.1, 0.15) is 11.6 Å². The first-order chi connectivity index (χ1) is 9.20. The number of amides is 2. The first-order valence-corrected chi connectivity index (χ1v) is 5.67. The molecule has 0 saturated heterocycles. The van der Waals surface area contributed by atoms with Crippen molar-refractivity contribution < 1.29 is 27.9 Å². The highest BCUT2D eigenvalue weighted by Gasteiger charge is 2.29. The molecule has 0 fully saturated rings. The van der Waals surface area contributed by atoms with Crippen LogP contribution in [0.2, 0.25) is 5.02 Å². The minimum absolute atomic E-state index is 0.0730. The molecule has 0 heterocycles. The largest absolute Gasteiger partial charge is 0.479 e. The second kappa shape index (κ2) is 6.47. The van der Waals surface area contributed by atoms with Crippen molar-refractivity contribution in [2.24, 2.45) is 0 Å². The van der Waals surface area contributed by atoms with Crippen molar-refractivity contribution in [1.29, 1.82) is 0 Å². The van der Waals surface area contributed by atoms with Gasteiger partial charge in [0.05, 0.1) is 0 Å². The minimum Gasteiger partial charge on any atom is -0.479 e. The fourth-order valence-corrected chi connectivity index (χ4v) is 1.59. The maximum Gasteiger partial charge on any atom is 0.405 e. The average Bonchev–Trinajstić information content (AvgIpc) is 2.33. The Hall–Kier alpha value is -1.96. The third kappa shape index (κ3) is 4.96. The van der Waals surface area contributed by atoms with Crippen LogP contribution in [0.4, 0.5) is 18.0 Å². The van der Waals surface area contributed by atoms with E-state index in [0.29, 0.717) is 0 Å². The molecule has 20 heavy (non-hydrogen) atoms. The number of carbonyl (C=O) groups excluding carboxylic acids is 1. The van der Waals surface area contributed by atoms with E-state index in [1.807, 2.05) is 5.32 Å². The molecule has 0 bridgehead atoms. The van der Waals surface area contributed by atoms with Crippen molar-refractivity contribution in [3.63, 3.8) is 0 Å². The number of halogens is 4. The van der Waals surface area contributed by atoms with Gasteiger partial charge in [0, 0.05) is 10.6 Å². The lowest BCUT2D eigenvalue weighted by Crippen LogP contribution is -2.44. The molecule has 0 aromatic heterocycles. The Bertz CT molecular complexity index is 508. The summed E-state index contributed by atoms with van der Waals surface area (Å²) >= 11 is 5.78. The molecule has 0 radical (unpaired) electrons. The molecule has 2 amide bonds. The number of hydrogen-bond acceptors (Lipinski definition) is 2. The molecule has 0 aliphatic heterocycles. The molecule has 0 spiro atoms. The summed E-state index contributed by atoms with van der Waals surface area (Å²) in [6.45, 7) is -1.56. The van der Waals surface area contributed by atoms with E-state index in [2.05, 4.69) is 0 Å². The van der Waals surface area contributed by atoms with Gasteiger partial charge in [-0.2, -0.15) is 13.2 Å². The van der Waals surface area contributed by atoms with Gasteiger partial charge in [-0.25, -0.2) is 9.59 Å². The van der Waals surface area contributed by atoms with Crippen LogP contribution in [0.25, 0.3) is 0 Å². The van der Waals surface area contributed by atoms with Crippen LogP contribution in [0.15, 0.2) is 24.3 Å². The number of aliphatic carboxylic acids is 1. The highest BCUT2D eigenvalue weighted by molar-refractivity contribution is 6.31. The summed E-state index contributed by atoms with van der Waals surface area (Å²) in [4.78, 5) is 22.3. The summed E-state index contributed by atoms with van der Waals surface area (Å²) in [5.74, 6) is -1.44. The minimum atomic E-state index is -4.58. The predicted octanol–water partition coefficient (Wildman–Crippen LogP) is 2.33. The lowest BCUT2D eigenvalue weighted by Gasteiger charge is -2.17. The Morgan fingerprint density at radius 3 is 2.40 bits per heavy atom. The number of alkyl halides is 3. The van der Waals surface area contributed by atoms with Gasteiger partial charge >= 0.3 is 18.2 Å². The number of carbonyl (C=O) groups is 2. The zero-order valence-corrected chi connectivity index (χ0v) is 10.6. The first-order valence-electron chi connectivity index (χ1n) is 5.29. The van der Waals surface area contributed by atoms with Crippen LogP contribution in [0.3, 0.4) is 0 Å². The lowest BCUT2D eigenvalue weighted by atomic mass is 10.1. The van der Waals surface area contributed by atoms with Crippen molar-refractivity contribution in [1.82, 2.24) is 10.6 Å². The Balaban J connectivity index is 2.77. The quantitative estimate of drug-likeness (QED) is 0.798. The maximum absolute atomic E-state index is 11.9. The van der Waals surface area contributed by atoms with Crippen molar-refractivity contribution in [3.8, 4) is 0 Å². The van der Waals surface area contributed by atoms with Gasteiger partial charge in [0.15, 0.2) is 6.04 Å². The van der Waals surface area contributed by atoms with Crippen molar-refractivity contribution >= 4 is 23.6 Å². The van der Waals surface area contributed by atoms with E-state index in [1.165, 1.54) is 23.5 Å². The third-order valence-electron chi connectivity index (χ3n) is 2.19. The van der Waals surface area contributed by atoms with Crippen molar-refractivity contribution in [2.45, 2.75) is 12.2 Å². The molecule has 9 heteroatoms. The van der Waals surface area contributed by atoms with Gasteiger partial charge in [-0.3, -0.25) is 0 Å². The van der Waals surface area contributed by atoms with Gasteiger partial charge in [-0.15, -0.1) is 0 Å². The predicted molar refractivity (Wildman–Crippen MR) is 64.4 cm³/mol. The Labute approximate surface area is 116 Å². The van der Waals surface area contributed by atoms with Crippen molar-refractivity contribution in [2.75, 3.05) is 6.54 Å². The van der Waals surface area contributed by atoms with Gasteiger partial charge in [0.25, 0.3) is 0 Å². The standard InChI is InChI=1S/C11H10ClF3N2O3/c12-7-4-2-1-3-6(7)8(9(18)19)17-10(20)16-5-11(13,14)15/h1-4,8H,5H2,(H,18,19)(H2,16,17,20)/t8-/m1/s1. The van der Waals surface area contributed by atoms with Gasteiger partial charge in [0.1, 0.15) is 6.54 Å². The molecule has 1 aromatic carbocycles. The summed E-state index contributed by atoms with van der Waals surface area (Å²) in [6.07, 6.45) is -4.58. The molecule has 1 atom stereocenters. The fraction of sp³-hybridized carbons (Fsp3) is 0.273. The summed E-state index contributed by atoms with van der Waals surface area (Å²) in [7, 11) is 0. The highest BCUT2D eigenvalue weighted by Crippen LogP contribution is 2.22. The van der Waals surface area contributed by atoms with Crippen LogP contribution in [-0.2, 0) is 4.79 Å². The summed E-state index contributed by atoms with van der Waals surface area (Å²) in [6, 6.07) is 3.00. The van der Waals surface area contributed by atoms with Crippen LogP contribution >= 0.6 is 11.6 Å². The van der Waals surface area contributed by atoms with Crippen LogP contribution in [-0.4, -0.2) is 29.8 Å². The summed E-state index contributed by atoms with van der Waals surface area (Å²) < 4.78 is 35.8. The number of nitrogens with one attached hydrogen (secondary N) is 2. The number of hydrogen-bond donors (Lipinski definition) is 3. The number of urea groups is 1. The Morgan fingerprint density at radius 1 is 1.30 bits per heavy atom. The normalized spacial score (nSPS) is 12.6. The Morgan fingerprint density at radius 2 is 1.90 bits per heavy atom. The van der Waals surface area contributed by atoms with Gasteiger partial charge in [-0.1, -0.05) is 29.8 Å². The SMILES string of the molecule is O=C(NCC(F)(F)F)N[C@@H](C(=O)O)c1ccccc1Cl. The molecule has 110 valence electrons. The zero-order valence-electron chi connectivity index (χ0n) is 9.87. The first kappa shape index (κ1) is 16.1. The smallest absolute Gasteiger partial charge is 0.405 e. The third-order valence-corrected chi connectivity index (χ3v) is 2.53. The molecule has 0 unspecified atom stereocenters. The molecule has 0 aliphatic carbocycles. The number of carboxylic acid groups (broad SMARTS) is 1. The molecule has 0 aliphatic rings. The lowest BCUT2D eigenvalue weighted by molar-refractivity contribution is -0.139. The number of carboxylic acids is 1. The second-order valence-corrected chi connectivity index (χ2v) is 4.14. The van der Waals surface area contributed by atoms with E-state index >= 15 is 0 Å². The second-order valence-electron chi connectivity index (χ2n) is 3.73. The van der Waals surface area contributed by atoms with Gasteiger partial charge < -0.3 is 15.7 Å². The van der Waals surface area contributed by atoms with E-state index in [9.17, 15) is 22.8 Å². The van der Waals surface area contributed by atoms with E-state index in [-0.39, 0.29) is 10.6 Å².